The van der Waals surface area contributed by atoms with E-state index in [4.69, 9.17) is 21.4 Å². The number of benzene rings is 1. The average Bonchev–Trinajstić information content (AvgIpc) is 2.52. The Labute approximate surface area is 140 Å². The zero-order chi connectivity index (χ0) is 17.0. The van der Waals surface area contributed by atoms with E-state index in [-0.39, 0.29) is 24.6 Å². The van der Waals surface area contributed by atoms with Crippen LogP contribution in [0.15, 0.2) is 18.2 Å². The van der Waals surface area contributed by atoms with Crippen molar-refractivity contribution in [1.29, 1.82) is 0 Å². The number of aliphatic hydroxyl groups excluding tert-OH is 1. The number of nitrogens with one attached hydrogen (secondary N) is 1. The third-order valence-corrected chi connectivity index (χ3v) is 4.28. The predicted molar refractivity (Wildman–Crippen MR) is 86.2 cm³/mol. The van der Waals surface area contributed by atoms with E-state index in [2.05, 4.69) is 5.32 Å². The second-order valence-electron chi connectivity index (χ2n) is 6.29. The van der Waals surface area contributed by atoms with Crippen molar-refractivity contribution in [2.75, 3.05) is 32.8 Å². The van der Waals surface area contributed by atoms with Gasteiger partial charge in [-0.2, -0.15) is 0 Å². The van der Waals surface area contributed by atoms with Gasteiger partial charge >= 0.3 is 6.03 Å². The predicted octanol–water partition coefficient (Wildman–Crippen LogP) is 2.16. The molecule has 1 aliphatic rings. The van der Waals surface area contributed by atoms with Crippen LogP contribution in [0.1, 0.15) is 19.4 Å². The van der Waals surface area contributed by atoms with Crippen molar-refractivity contribution < 1.29 is 19.0 Å². The molecule has 2 rings (SSSR count). The molecule has 1 unspecified atom stereocenters. The average molecular weight is 345 g/mol. The highest BCUT2D eigenvalue weighted by Crippen LogP contribution is 2.30. The molecule has 0 bridgehead atoms. The molecule has 1 fully saturated rings. The van der Waals surface area contributed by atoms with Gasteiger partial charge in [0.1, 0.15) is 5.82 Å². The summed E-state index contributed by atoms with van der Waals surface area (Å²) in [6.45, 7) is 5.37. The molecule has 23 heavy (non-hydrogen) atoms. The van der Waals surface area contributed by atoms with Crippen LogP contribution in [0.4, 0.5) is 9.18 Å². The van der Waals surface area contributed by atoms with E-state index in [0.717, 1.165) is 5.56 Å². The summed E-state index contributed by atoms with van der Waals surface area (Å²) in [4.78, 5) is 13.9. The smallest absolute Gasteiger partial charge is 0.317 e. The highest BCUT2D eigenvalue weighted by molar-refractivity contribution is 6.31. The fourth-order valence-electron chi connectivity index (χ4n) is 2.56. The molecule has 0 saturated carbocycles. The molecule has 0 radical (unpaired) electrons. The van der Waals surface area contributed by atoms with E-state index in [0.29, 0.717) is 31.3 Å². The molecule has 0 spiro atoms. The number of carbonyl (C=O) groups is 1. The number of amides is 2. The van der Waals surface area contributed by atoms with Crippen LogP contribution in [0.5, 0.6) is 0 Å². The van der Waals surface area contributed by atoms with E-state index in [1.807, 2.05) is 13.8 Å². The molecule has 128 valence electrons. The zero-order valence-corrected chi connectivity index (χ0v) is 14.1. The maximum atomic E-state index is 13.2. The van der Waals surface area contributed by atoms with Crippen molar-refractivity contribution >= 4 is 17.6 Å². The zero-order valence-electron chi connectivity index (χ0n) is 13.3. The Morgan fingerprint density at radius 2 is 2.30 bits per heavy atom. The minimum Gasteiger partial charge on any atom is -0.394 e. The lowest BCUT2D eigenvalue weighted by atomic mass is 9.84. The first-order valence-electron chi connectivity index (χ1n) is 7.54. The summed E-state index contributed by atoms with van der Waals surface area (Å²) in [5.41, 5.74) is 0.333. The Hall–Kier alpha value is -1.37. The number of ether oxygens (including phenoxy) is 1. The minimum absolute atomic E-state index is 0.111. The van der Waals surface area contributed by atoms with Crippen molar-refractivity contribution in [3.05, 3.63) is 34.6 Å². The standard InChI is InChI=1S/C16H22ClFN2O3/c1-16(2,13-4-3-11(18)7-14(13)17)10-19-15(22)20-5-6-23-12(8-20)9-21/h3-4,7,12,21H,5-6,8-10H2,1-2H3,(H,19,22). The second kappa shape index (κ2) is 7.47. The lowest BCUT2D eigenvalue weighted by molar-refractivity contribution is -0.0403. The first-order valence-corrected chi connectivity index (χ1v) is 7.92. The molecule has 0 aromatic heterocycles. The fraction of sp³-hybridized carbons (Fsp3) is 0.562. The first-order chi connectivity index (χ1) is 10.8. The van der Waals surface area contributed by atoms with Crippen LogP contribution in [0.2, 0.25) is 5.02 Å². The summed E-state index contributed by atoms with van der Waals surface area (Å²) in [6, 6.07) is 4.06. The van der Waals surface area contributed by atoms with Crippen molar-refractivity contribution in [3.63, 3.8) is 0 Å². The van der Waals surface area contributed by atoms with Gasteiger partial charge in [-0.1, -0.05) is 31.5 Å². The summed E-state index contributed by atoms with van der Waals surface area (Å²) in [5.74, 6) is -0.387. The van der Waals surface area contributed by atoms with Gasteiger partial charge in [0, 0.05) is 23.5 Å². The number of urea groups is 1. The molecule has 1 saturated heterocycles. The Morgan fingerprint density at radius 1 is 1.57 bits per heavy atom. The maximum Gasteiger partial charge on any atom is 0.317 e. The van der Waals surface area contributed by atoms with Gasteiger partial charge in [0.25, 0.3) is 0 Å². The molecule has 0 aliphatic carbocycles. The molecule has 1 heterocycles. The number of halogens is 2. The summed E-state index contributed by atoms with van der Waals surface area (Å²) >= 11 is 6.11. The summed E-state index contributed by atoms with van der Waals surface area (Å²) in [6.07, 6.45) is -0.339. The SMILES string of the molecule is CC(C)(CNC(=O)N1CCOC(CO)C1)c1ccc(F)cc1Cl. The van der Waals surface area contributed by atoms with Crippen LogP contribution in [-0.4, -0.2) is 55.0 Å². The van der Waals surface area contributed by atoms with Crippen LogP contribution in [0.3, 0.4) is 0 Å². The molecular formula is C16H22ClFN2O3. The van der Waals surface area contributed by atoms with Gasteiger partial charge in [0.2, 0.25) is 0 Å². The second-order valence-corrected chi connectivity index (χ2v) is 6.70. The topological polar surface area (TPSA) is 61.8 Å². The molecule has 1 aromatic rings. The number of hydrogen-bond donors (Lipinski definition) is 2. The summed E-state index contributed by atoms with van der Waals surface area (Å²) < 4.78 is 18.5. The summed E-state index contributed by atoms with van der Waals surface area (Å²) in [5, 5.41) is 12.3. The molecule has 1 aromatic carbocycles. The van der Waals surface area contributed by atoms with E-state index in [9.17, 15) is 9.18 Å². The Balaban J connectivity index is 1.97. The van der Waals surface area contributed by atoms with Crippen LogP contribution in [0.25, 0.3) is 0 Å². The Bertz CT molecular complexity index is 568. The van der Waals surface area contributed by atoms with E-state index >= 15 is 0 Å². The lowest BCUT2D eigenvalue weighted by Gasteiger charge is -2.33. The molecule has 5 nitrogen and oxygen atoms in total. The molecule has 1 atom stereocenters. The van der Waals surface area contributed by atoms with E-state index in [1.165, 1.54) is 12.1 Å². The number of carbonyl (C=O) groups excluding carboxylic acids is 1. The maximum absolute atomic E-state index is 13.2. The first kappa shape index (κ1) is 18.0. The third-order valence-electron chi connectivity index (χ3n) is 3.97. The number of morpholine rings is 1. The molecule has 2 amide bonds. The van der Waals surface area contributed by atoms with E-state index < -0.39 is 5.41 Å². The van der Waals surface area contributed by atoms with Crippen LogP contribution in [0, 0.1) is 5.82 Å². The van der Waals surface area contributed by atoms with Crippen molar-refractivity contribution in [2.24, 2.45) is 0 Å². The third kappa shape index (κ3) is 4.56. The monoisotopic (exact) mass is 344 g/mol. The van der Waals surface area contributed by atoms with Gasteiger partial charge in [0.05, 0.1) is 25.9 Å². The molecular weight excluding hydrogens is 323 g/mol. The Kier molecular flexibility index (Phi) is 5.84. The molecule has 7 heteroatoms. The minimum atomic E-state index is -0.441. The van der Waals surface area contributed by atoms with Gasteiger partial charge in [0.15, 0.2) is 0 Å². The van der Waals surface area contributed by atoms with Gasteiger partial charge in [-0.25, -0.2) is 9.18 Å². The van der Waals surface area contributed by atoms with Crippen LogP contribution < -0.4 is 5.32 Å². The number of hydrogen-bond acceptors (Lipinski definition) is 3. The Morgan fingerprint density at radius 3 is 2.96 bits per heavy atom. The normalized spacial score (nSPS) is 18.8. The van der Waals surface area contributed by atoms with Gasteiger partial charge in [-0.3, -0.25) is 0 Å². The van der Waals surface area contributed by atoms with Gasteiger partial charge < -0.3 is 20.1 Å². The number of rotatable bonds is 4. The van der Waals surface area contributed by atoms with Crippen molar-refractivity contribution in [1.82, 2.24) is 10.2 Å². The van der Waals surface area contributed by atoms with Crippen molar-refractivity contribution in [3.8, 4) is 0 Å². The molecule has 2 N–H and O–H groups in total. The quantitative estimate of drug-likeness (QED) is 0.880. The highest BCUT2D eigenvalue weighted by atomic mass is 35.5. The van der Waals surface area contributed by atoms with Crippen molar-refractivity contribution in [2.45, 2.75) is 25.4 Å². The van der Waals surface area contributed by atoms with Crippen LogP contribution in [-0.2, 0) is 10.2 Å². The van der Waals surface area contributed by atoms with Gasteiger partial charge in [-0.05, 0) is 17.7 Å². The number of nitrogens with zero attached hydrogens (tertiary/aromatic N) is 1. The molecule has 1 aliphatic heterocycles. The number of aliphatic hydroxyl groups is 1. The van der Waals surface area contributed by atoms with Crippen LogP contribution >= 0.6 is 11.6 Å². The fourth-order valence-corrected chi connectivity index (χ4v) is 2.98. The summed E-state index contributed by atoms with van der Waals surface area (Å²) in [7, 11) is 0. The van der Waals surface area contributed by atoms with Gasteiger partial charge in [-0.15, -0.1) is 0 Å². The lowest BCUT2D eigenvalue weighted by Crippen LogP contribution is -2.52. The largest absolute Gasteiger partial charge is 0.394 e. The highest BCUT2D eigenvalue weighted by Gasteiger charge is 2.27. The van der Waals surface area contributed by atoms with E-state index in [1.54, 1.807) is 11.0 Å².